The Kier molecular flexibility index (Phi) is 4.61. The van der Waals surface area contributed by atoms with Crippen LogP contribution in [0, 0.1) is 5.82 Å². The highest BCUT2D eigenvalue weighted by Gasteiger charge is 2.13. The lowest BCUT2D eigenvalue weighted by molar-refractivity contribution is 0.627. The lowest BCUT2D eigenvalue weighted by Crippen LogP contribution is -2.19. The molecule has 2 rings (SSSR count). The van der Waals surface area contributed by atoms with Crippen molar-refractivity contribution in [1.82, 2.24) is 0 Å². The quantitative estimate of drug-likeness (QED) is 0.858. The first-order chi connectivity index (χ1) is 8.60. The van der Waals surface area contributed by atoms with E-state index in [-0.39, 0.29) is 11.9 Å². The molecular weight excluding hydrogens is 339 g/mol. The Bertz CT molecular complexity index is 547. The molecule has 1 atom stereocenters. The molecule has 1 heterocycles. The maximum atomic E-state index is 13.2. The van der Waals surface area contributed by atoms with E-state index in [4.69, 9.17) is 17.3 Å². The van der Waals surface area contributed by atoms with E-state index in [2.05, 4.69) is 21.2 Å². The third-order valence-corrected chi connectivity index (χ3v) is 4.50. The van der Waals surface area contributed by atoms with Gasteiger partial charge in [0.1, 0.15) is 5.82 Å². The molecule has 2 nitrogen and oxygen atoms in total. The summed E-state index contributed by atoms with van der Waals surface area (Å²) in [6.07, 6.45) is 0. The molecule has 0 saturated carbocycles. The predicted octanol–water partition coefficient (Wildman–Crippen LogP) is 4.42. The zero-order valence-electron chi connectivity index (χ0n) is 9.29. The lowest BCUT2D eigenvalue weighted by atomic mass is 10.2. The van der Waals surface area contributed by atoms with Crippen LogP contribution in [-0.4, -0.2) is 6.54 Å². The number of hydrogen-bond donors (Lipinski definition) is 2. The van der Waals surface area contributed by atoms with Crippen molar-refractivity contribution in [3.8, 4) is 0 Å². The molecule has 96 valence electrons. The van der Waals surface area contributed by atoms with Gasteiger partial charge in [0, 0.05) is 11.4 Å². The normalized spacial score (nSPS) is 12.4. The van der Waals surface area contributed by atoms with Crippen LogP contribution in [0.2, 0.25) is 5.02 Å². The van der Waals surface area contributed by atoms with Gasteiger partial charge in [-0.05, 0) is 46.3 Å². The molecule has 1 unspecified atom stereocenters. The molecule has 0 aliphatic carbocycles. The van der Waals surface area contributed by atoms with Gasteiger partial charge in [0.2, 0.25) is 0 Å². The van der Waals surface area contributed by atoms with Crippen LogP contribution < -0.4 is 11.1 Å². The minimum Gasteiger partial charge on any atom is -0.375 e. The van der Waals surface area contributed by atoms with Crippen LogP contribution >= 0.6 is 38.9 Å². The Morgan fingerprint density at radius 1 is 1.39 bits per heavy atom. The molecule has 1 aromatic carbocycles. The van der Waals surface area contributed by atoms with Crippen LogP contribution in [0.1, 0.15) is 10.9 Å². The number of benzene rings is 1. The van der Waals surface area contributed by atoms with Crippen LogP contribution in [0.15, 0.2) is 34.1 Å². The molecule has 18 heavy (non-hydrogen) atoms. The van der Waals surface area contributed by atoms with Crippen LogP contribution in [0.5, 0.6) is 0 Å². The minimum atomic E-state index is -0.329. The second-order valence-electron chi connectivity index (χ2n) is 3.70. The Morgan fingerprint density at radius 3 is 2.78 bits per heavy atom. The van der Waals surface area contributed by atoms with Gasteiger partial charge in [0.05, 0.1) is 20.5 Å². The highest BCUT2D eigenvalue weighted by molar-refractivity contribution is 9.11. The van der Waals surface area contributed by atoms with Crippen molar-refractivity contribution in [2.24, 2.45) is 5.73 Å². The number of anilines is 1. The first-order valence-electron chi connectivity index (χ1n) is 5.27. The summed E-state index contributed by atoms with van der Waals surface area (Å²) in [7, 11) is 0. The van der Waals surface area contributed by atoms with Crippen molar-refractivity contribution in [1.29, 1.82) is 0 Å². The molecule has 0 bridgehead atoms. The topological polar surface area (TPSA) is 38.0 Å². The Morgan fingerprint density at radius 2 is 2.17 bits per heavy atom. The fourth-order valence-corrected chi connectivity index (χ4v) is 3.22. The SMILES string of the molecule is NCC(Nc1cc(F)ccc1Cl)c1ccc(Br)s1. The fraction of sp³-hybridized carbons (Fsp3) is 0.167. The Hall–Kier alpha value is -0.620. The standard InChI is InChI=1S/C12H11BrClFN2S/c13-12-4-3-11(18-12)10(6-16)17-9-5-7(15)1-2-8(9)14/h1-5,10,17H,6,16H2. The van der Waals surface area contributed by atoms with Gasteiger partial charge in [-0.3, -0.25) is 0 Å². The maximum Gasteiger partial charge on any atom is 0.125 e. The van der Waals surface area contributed by atoms with Gasteiger partial charge >= 0.3 is 0 Å². The van der Waals surface area contributed by atoms with E-state index >= 15 is 0 Å². The minimum absolute atomic E-state index is 0.0828. The van der Waals surface area contributed by atoms with E-state index < -0.39 is 0 Å². The number of nitrogens with two attached hydrogens (primary N) is 1. The van der Waals surface area contributed by atoms with Crippen molar-refractivity contribution in [2.45, 2.75) is 6.04 Å². The molecule has 1 aromatic heterocycles. The van der Waals surface area contributed by atoms with Gasteiger partial charge in [0.15, 0.2) is 0 Å². The van der Waals surface area contributed by atoms with Crippen molar-refractivity contribution in [3.63, 3.8) is 0 Å². The zero-order chi connectivity index (χ0) is 13.1. The van der Waals surface area contributed by atoms with Gasteiger partial charge in [0.25, 0.3) is 0 Å². The summed E-state index contributed by atoms with van der Waals surface area (Å²) < 4.78 is 14.2. The summed E-state index contributed by atoms with van der Waals surface area (Å²) in [5, 5.41) is 3.64. The largest absolute Gasteiger partial charge is 0.375 e. The van der Waals surface area contributed by atoms with E-state index in [1.165, 1.54) is 18.2 Å². The molecule has 2 aromatic rings. The first kappa shape index (κ1) is 13.8. The van der Waals surface area contributed by atoms with Crippen molar-refractivity contribution >= 4 is 44.6 Å². The summed E-state index contributed by atoms with van der Waals surface area (Å²) >= 11 is 11.0. The van der Waals surface area contributed by atoms with Crippen LogP contribution in [-0.2, 0) is 0 Å². The van der Waals surface area contributed by atoms with Gasteiger partial charge in [-0.15, -0.1) is 11.3 Å². The average Bonchev–Trinajstić information content (AvgIpc) is 2.77. The zero-order valence-corrected chi connectivity index (χ0v) is 12.4. The monoisotopic (exact) mass is 348 g/mol. The molecule has 0 amide bonds. The Labute approximate surface area is 122 Å². The highest BCUT2D eigenvalue weighted by atomic mass is 79.9. The molecule has 0 aliphatic heterocycles. The highest BCUT2D eigenvalue weighted by Crippen LogP contribution is 2.31. The molecule has 3 N–H and O–H groups in total. The van der Waals surface area contributed by atoms with Crippen molar-refractivity contribution in [3.05, 3.63) is 49.8 Å². The molecule has 0 radical (unpaired) electrons. The summed E-state index contributed by atoms with van der Waals surface area (Å²) in [5.41, 5.74) is 6.29. The van der Waals surface area contributed by atoms with Gasteiger partial charge < -0.3 is 11.1 Å². The third-order valence-electron chi connectivity index (χ3n) is 2.43. The van der Waals surface area contributed by atoms with Gasteiger partial charge in [-0.2, -0.15) is 0 Å². The fourth-order valence-electron chi connectivity index (χ4n) is 1.56. The Balaban J connectivity index is 2.22. The number of thiophene rings is 1. The maximum absolute atomic E-state index is 13.2. The van der Waals surface area contributed by atoms with Crippen molar-refractivity contribution in [2.75, 3.05) is 11.9 Å². The van der Waals surface area contributed by atoms with E-state index in [0.29, 0.717) is 17.3 Å². The predicted molar refractivity (Wildman–Crippen MR) is 78.8 cm³/mol. The van der Waals surface area contributed by atoms with Gasteiger partial charge in [-0.25, -0.2) is 4.39 Å². The van der Waals surface area contributed by atoms with Crippen LogP contribution in [0.4, 0.5) is 10.1 Å². The summed E-state index contributed by atoms with van der Waals surface area (Å²) in [4.78, 5) is 1.07. The summed E-state index contributed by atoms with van der Waals surface area (Å²) in [6, 6.07) is 8.07. The van der Waals surface area contributed by atoms with E-state index in [1.807, 2.05) is 12.1 Å². The number of halogens is 3. The molecule has 0 aliphatic rings. The molecule has 0 saturated heterocycles. The number of hydrogen-bond acceptors (Lipinski definition) is 3. The molecule has 0 spiro atoms. The van der Waals surface area contributed by atoms with Gasteiger partial charge in [-0.1, -0.05) is 11.6 Å². The van der Waals surface area contributed by atoms with Crippen LogP contribution in [0.25, 0.3) is 0 Å². The van der Waals surface area contributed by atoms with Crippen molar-refractivity contribution < 1.29 is 4.39 Å². The van der Waals surface area contributed by atoms with Crippen LogP contribution in [0.3, 0.4) is 0 Å². The number of nitrogens with one attached hydrogen (secondary N) is 1. The molecule has 6 heteroatoms. The number of rotatable bonds is 4. The molecule has 0 fully saturated rings. The summed E-state index contributed by atoms with van der Waals surface area (Å²) in [6.45, 7) is 0.403. The second kappa shape index (κ2) is 6.02. The lowest BCUT2D eigenvalue weighted by Gasteiger charge is -2.17. The van der Waals surface area contributed by atoms with E-state index in [1.54, 1.807) is 11.3 Å². The molecular formula is C12H11BrClFN2S. The average molecular weight is 350 g/mol. The smallest absolute Gasteiger partial charge is 0.125 e. The second-order valence-corrected chi connectivity index (χ2v) is 6.60. The third kappa shape index (κ3) is 3.23. The summed E-state index contributed by atoms with van der Waals surface area (Å²) in [5.74, 6) is -0.329. The first-order valence-corrected chi connectivity index (χ1v) is 7.26. The van der Waals surface area contributed by atoms with E-state index in [9.17, 15) is 4.39 Å². The van der Waals surface area contributed by atoms with E-state index in [0.717, 1.165) is 8.66 Å².